The van der Waals surface area contributed by atoms with Gasteiger partial charge in [-0.15, -0.1) is 0 Å². The van der Waals surface area contributed by atoms with Crippen molar-refractivity contribution in [2.45, 2.75) is 34.3 Å². The summed E-state index contributed by atoms with van der Waals surface area (Å²) in [6.07, 6.45) is 4.49. The van der Waals surface area contributed by atoms with Crippen molar-refractivity contribution in [1.29, 1.82) is 0 Å². The van der Waals surface area contributed by atoms with E-state index in [1.807, 2.05) is 0 Å². The number of hydrogen-bond donors (Lipinski definition) is 1. The van der Waals surface area contributed by atoms with Gasteiger partial charge in [-0.3, -0.25) is 4.79 Å². The van der Waals surface area contributed by atoms with Crippen molar-refractivity contribution in [3.8, 4) is 0 Å². The Morgan fingerprint density at radius 3 is 2.79 bits per heavy atom. The number of nitrogens with two attached hydrogens (primary N) is 1. The van der Waals surface area contributed by atoms with Gasteiger partial charge in [0, 0.05) is 7.11 Å². The number of hydrogen-bond acceptors (Lipinski definition) is 8. The zero-order chi connectivity index (χ0) is 20.7. The Labute approximate surface area is 177 Å². The van der Waals surface area contributed by atoms with Crippen molar-refractivity contribution >= 4 is 56.8 Å². The number of aliphatic imine (C=N–C) groups is 1. The number of allylic oxidation sites excluding steroid dienone is 2. The number of nitrogens with zero attached hydrogens (tertiary/aromatic N) is 2. The minimum atomic E-state index is -4.52. The van der Waals surface area contributed by atoms with Crippen LogP contribution in [-0.2, 0) is 28.8 Å². The van der Waals surface area contributed by atoms with Crippen LogP contribution in [0.4, 0.5) is 0 Å². The van der Waals surface area contributed by atoms with Crippen LogP contribution in [0, 0.1) is 0 Å². The van der Waals surface area contributed by atoms with Gasteiger partial charge in [0.2, 0.25) is 9.75 Å². The van der Waals surface area contributed by atoms with Gasteiger partial charge in [0.1, 0.15) is 25.0 Å². The lowest BCUT2D eigenvalue weighted by Gasteiger charge is -2.47. The maximum absolute atomic E-state index is 13.0. The number of ether oxygens (including phenoxy) is 2. The molecule has 28 heavy (non-hydrogen) atoms. The molecule has 0 bridgehead atoms. The van der Waals surface area contributed by atoms with Gasteiger partial charge in [-0.05, 0) is 36.6 Å². The zero-order valence-corrected chi connectivity index (χ0v) is 17.8. The number of alkyl halides is 3. The molecule has 0 unspecified atom stereocenters. The van der Waals surface area contributed by atoms with Crippen molar-refractivity contribution in [2.75, 3.05) is 20.5 Å². The molecule has 2 N–H and O–H groups in total. The average Bonchev–Trinajstić information content (AvgIpc) is 2.91. The summed E-state index contributed by atoms with van der Waals surface area (Å²) in [5.74, 6) is -0.576. The molecule has 1 heterocycles. The second kappa shape index (κ2) is 7.75. The van der Waals surface area contributed by atoms with E-state index in [9.17, 15) is 13.2 Å². The maximum atomic E-state index is 13.0. The Bertz CT molecular complexity index is 854. The first-order valence-electron chi connectivity index (χ1n) is 8.16. The molecule has 1 spiro atoms. The fourth-order valence-electron chi connectivity index (χ4n) is 3.66. The molecule has 1 aliphatic heterocycles. The van der Waals surface area contributed by atoms with E-state index in [-0.39, 0.29) is 18.5 Å². The summed E-state index contributed by atoms with van der Waals surface area (Å²) in [6, 6.07) is -0.738. The third kappa shape index (κ3) is 3.91. The first-order valence-corrected chi connectivity index (χ1v) is 10.7. The molecule has 0 radical (unpaired) electrons. The second-order valence-corrected chi connectivity index (χ2v) is 10.4. The topological polar surface area (TPSA) is 121 Å². The predicted molar refractivity (Wildman–Crippen MR) is 103 cm³/mol. The van der Waals surface area contributed by atoms with Gasteiger partial charge in [0.15, 0.2) is 5.78 Å². The smallest absolute Gasteiger partial charge is 0.366 e. The van der Waals surface area contributed by atoms with Crippen LogP contribution in [0.5, 0.6) is 0 Å². The molecule has 0 aromatic heterocycles. The highest BCUT2D eigenvalue weighted by atomic mass is 35.6. The summed E-state index contributed by atoms with van der Waals surface area (Å²) < 4.78 is 40.3. The SMILES string of the molecule is COCO[C@@H]1CCC2=CC(=O)C=C[C@@]23[C@@H]1N=C(N)N3S(=O)(=O)OCC(Cl)(Cl)Cl. The van der Waals surface area contributed by atoms with Crippen molar-refractivity contribution in [2.24, 2.45) is 10.7 Å². The van der Waals surface area contributed by atoms with Crippen LogP contribution >= 0.6 is 34.8 Å². The van der Waals surface area contributed by atoms with Crippen LogP contribution in [-0.4, -0.2) is 66.5 Å². The third-order valence-corrected chi connectivity index (χ3v) is 6.32. The molecule has 13 heteroatoms. The number of guanidine groups is 1. The van der Waals surface area contributed by atoms with Crippen molar-refractivity contribution in [3.63, 3.8) is 0 Å². The molecular weight excluding hydrogens is 457 g/mol. The highest BCUT2D eigenvalue weighted by molar-refractivity contribution is 7.85. The monoisotopic (exact) mass is 473 g/mol. The predicted octanol–water partition coefficient (Wildman–Crippen LogP) is 1.20. The molecule has 3 aliphatic rings. The molecule has 1 fully saturated rings. The molecule has 3 rings (SSSR count). The lowest BCUT2D eigenvalue weighted by molar-refractivity contribution is -0.111. The van der Waals surface area contributed by atoms with Crippen LogP contribution in [0.1, 0.15) is 12.8 Å². The first-order chi connectivity index (χ1) is 13.0. The molecule has 0 aromatic rings. The molecule has 3 atom stereocenters. The average molecular weight is 475 g/mol. The van der Waals surface area contributed by atoms with Gasteiger partial charge < -0.3 is 15.2 Å². The van der Waals surface area contributed by atoms with E-state index in [0.717, 1.165) is 4.31 Å². The number of carbonyl (C=O) groups excluding carboxylic acids is 1. The van der Waals surface area contributed by atoms with Crippen LogP contribution in [0.3, 0.4) is 0 Å². The Morgan fingerprint density at radius 1 is 1.43 bits per heavy atom. The summed E-state index contributed by atoms with van der Waals surface area (Å²) in [5, 5.41) is 0. The highest BCUT2D eigenvalue weighted by Gasteiger charge is 2.61. The molecule has 0 aromatic carbocycles. The summed E-state index contributed by atoms with van der Waals surface area (Å²) in [7, 11) is -3.05. The van der Waals surface area contributed by atoms with Crippen LogP contribution in [0.15, 0.2) is 28.8 Å². The van der Waals surface area contributed by atoms with Gasteiger partial charge in [0.25, 0.3) is 0 Å². The van der Waals surface area contributed by atoms with Gasteiger partial charge in [-0.2, -0.15) is 8.42 Å². The lowest BCUT2D eigenvalue weighted by Crippen LogP contribution is -2.62. The molecular formula is C15H18Cl3N3O6S. The van der Waals surface area contributed by atoms with Gasteiger partial charge in [0.05, 0.1) is 6.10 Å². The van der Waals surface area contributed by atoms with E-state index in [1.54, 1.807) is 0 Å². The van der Waals surface area contributed by atoms with Crippen molar-refractivity contribution in [1.82, 2.24) is 4.31 Å². The van der Waals surface area contributed by atoms with E-state index in [2.05, 4.69) is 4.99 Å². The molecule has 0 amide bonds. The molecule has 0 saturated heterocycles. The van der Waals surface area contributed by atoms with Gasteiger partial charge >= 0.3 is 10.3 Å². The van der Waals surface area contributed by atoms with Crippen molar-refractivity contribution < 1.29 is 26.9 Å². The summed E-state index contributed by atoms with van der Waals surface area (Å²) in [5.41, 5.74) is 5.14. The highest BCUT2D eigenvalue weighted by Crippen LogP contribution is 2.48. The number of halogens is 3. The van der Waals surface area contributed by atoms with Crippen molar-refractivity contribution in [3.05, 3.63) is 23.8 Å². The third-order valence-electron chi connectivity index (χ3n) is 4.64. The standard InChI is InChI=1S/C15H18Cl3N3O6S/c1-25-8-26-11-3-2-9-6-10(22)4-5-14(9)12(11)20-13(19)21(14)28(23,24)27-7-15(16,17)18/h4-6,11-12H,2-3,7-8H2,1H3,(H2,19,20)/t11-,12-,14+/m1/s1. The van der Waals surface area contributed by atoms with Gasteiger partial charge in [-0.1, -0.05) is 34.8 Å². The normalized spacial score (nSPS) is 30.0. The summed E-state index contributed by atoms with van der Waals surface area (Å²) in [4.78, 5) is 16.2. The lowest BCUT2D eigenvalue weighted by atomic mass is 9.70. The quantitative estimate of drug-likeness (QED) is 0.453. The van der Waals surface area contributed by atoms with E-state index in [0.29, 0.717) is 18.4 Å². The molecule has 1 saturated carbocycles. The fourth-order valence-corrected chi connectivity index (χ4v) is 5.38. The minimum absolute atomic E-state index is 0.00905. The largest absolute Gasteiger partial charge is 0.369 e. The maximum Gasteiger partial charge on any atom is 0.366 e. The Kier molecular flexibility index (Phi) is 6.04. The second-order valence-electron chi connectivity index (χ2n) is 6.41. The van der Waals surface area contributed by atoms with Crippen LogP contribution < -0.4 is 5.73 Å². The Hall–Kier alpha value is -0.880. The Balaban J connectivity index is 2.04. The summed E-state index contributed by atoms with van der Waals surface area (Å²) >= 11 is 16.8. The molecule has 2 aliphatic carbocycles. The zero-order valence-electron chi connectivity index (χ0n) is 14.7. The molecule has 9 nitrogen and oxygen atoms in total. The van der Waals surface area contributed by atoms with Gasteiger partial charge in [-0.25, -0.2) is 13.5 Å². The van der Waals surface area contributed by atoms with E-state index < -0.39 is 38.4 Å². The van der Waals surface area contributed by atoms with Crippen LogP contribution in [0.25, 0.3) is 0 Å². The first kappa shape index (κ1) is 21.8. The van der Waals surface area contributed by atoms with E-state index in [4.69, 9.17) is 54.2 Å². The minimum Gasteiger partial charge on any atom is -0.369 e. The molecule has 156 valence electrons. The number of methoxy groups -OCH3 is 1. The Morgan fingerprint density at radius 2 is 2.14 bits per heavy atom. The number of carbonyl (C=O) groups is 1. The fraction of sp³-hybridized carbons (Fsp3) is 0.600. The number of rotatable bonds is 6. The summed E-state index contributed by atoms with van der Waals surface area (Å²) in [6.45, 7) is -0.735. The van der Waals surface area contributed by atoms with E-state index in [1.165, 1.54) is 25.3 Å². The van der Waals surface area contributed by atoms with Crippen LogP contribution in [0.2, 0.25) is 0 Å². The number of ketones is 1. The van der Waals surface area contributed by atoms with E-state index >= 15 is 0 Å².